The summed E-state index contributed by atoms with van der Waals surface area (Å²) in [4.78, 5) is 12.8. The number of benzene rings is 2. The zero-order valence-electron chi connectivity index (χ0n) is 17.3. The molecule has 3 aromatic rings. The number of carbonyl (C=O) groups is 1. The maximum absolute atomic E-state index is 12.8. The third-order valence-electron chi connectivity index (χ3n) is 5.34. The summed E-state index contributed by atoms with van der Waals surface area (Å²) in [7, 11) is -3.61. The molecule has 1 fully saturated rings. The minimum atomic E-state index is -3.61. The molecular formula is C23H24ClN3O4S. The monoisotopic (exact) mass is 473 g/mol. The van der Waals surface area contributed by atoms with E-state index in [1.165, 1.54) is 22.5 Å². The van der Waals surface area contributed by atoms with E-state index in [9.17, 15) is 13.2 Å². The molecule has 0 bridgehead atoms. The molecule has 0 saturated carbocycles. The van der Waals surface area contributed by atoms with Gasteiger partial charge in [0.05, 0.1) is 34.5 Å². The Kier molecular flexibility index (Phi) is 6.95. The fourth-order valence-corrected chi connectivity index (χ4v) is 5.42. The van der Waals surface area contributed by atoms with Crippen LogP contribution in [0.15, 0.2) is 76.2 Å². The van der Waals surface area contributed by atoms with Crippen LogP contribution < -0.4 is 10.6 Å². The van der Waals surface area contributed by atoms with Gasteiger partial charge in [0, 0.05) is 13.1 Å². The summed E-state index contributed by atoms with van der Waals surface area (Å²) in [5.74, 6) is 0.329. The van der Waals surface area contributed by atoms with Crippen LogP contribution in [0.3, 0.4) is 0 Å². The van der Waals surface area contributed by atoms with Gasteiger partial charge >= 0.3 is 0 Å². The van der Waals surface area contributed by atoms with E-state index < -0.39 is 10.0 Å². The predicted octanol–water partition coefficient (Wildman–Crippen LogP) is 4.04. The van der Waals surface area contributed by atoms with Gasteiger partial charge in [0.2, 0.25) is 15.9 Å². The standard InChI is InChI=1S/C23H24ClN3O4S/c24-19-11-10-18(32(29,30)27-12-4-5-13-27)15-20(19)26-22(28)16-25-23(21-9-6-14-31-21)17-7-2-1-3-8-17/h1-3,6-11,14-15,23,25H,4-5,12-13,16H2,(H,26,28)/t23-/m1/s1. The molecule has 9 heteroatoms. The molecule has 1 atom stereocenters. The maximum Gasteiger partial charge on any atom is 0.243 e. The fraction of sp³-hybridized carbons (Fsp3) is 0.261. The largest absolute Gasteiger partial charge is 0.467 e. The van der Waals surface area contributed by atoms with Crippen LogP contribution in [0.5, 0.6) is 0 Å². The number of halogens is 1. The molecule has 7 nitrogen and oxygen atoms in total. The van der Waals surface area contributed by atoms with Crippen LogP contribution in [-0.2, 0) is 14.8 Å². The smallest absolute Gasteiger partial charge is 0.243 e. The first kappa shape index (κ1) is 22.5. The van der Waals surface area contributed by atoms with Crippen molar-refractivity contribution in [2.75, 3.05) is 25.0 Å². The van der Waals surface area contributed by atoms with Gasteiger partial charge in [-0.15, -0.1) is 0 Å². The molecule has 168 valence electrons. The van der Waals surface area contributed by atoms with Gasteiger partial charge in [0.1, 0.15) is 5.76 Å². The normalized spacial score (nSPS) is 15.5. The molecule has 2 aromatic carbocycles. The fourth-order valence-electron chi connectivity index (χ4n) is 3.71. The van der Waals surface area contributed by atoms with Crippen molar-refractivity contribution in [1.82, 2.24) is 9.62 Å². The van der Waals surface area contributed by atoms with E-state index in [0.29, 0.717) is 18.8 Å². The quantitative estimate of drug-likeness (QED) is 0.515. The van der Waals surface area contributed by atoms with Crippen LogP contribution in [-0.4, -0.2) is 38.3 Å². The molecule has 1 aliphatic rings. The molecule has 0 unspecified atom stereocenters. The Balaban J connectivity index is 1.47. The molecule has 1 saturated heterocycles. The number of anilines is 1. The van der Waals surface area contributed by atoms with Crippen LogP contribution >= 0.6 is 11.6 Å². The average molecular weight is 474 g/mol. The SMILES string of the molecule is O=C(CN[C@H](c1ccccc1)c1ccco1)Nc1cc(S(=O)(=O)N2CCCC2)ccc1Cl. The molecule has 1 aromatic heterocycles. The Morgan fingerprint density at radius 3 is 2.50 bits per heavy atom. The number of furan rings is 1. The van der Waals surface area contributed by atoms with E-state index in [2.05, 4.69) is 10.6 Å². The number of hydrogen-bond acceptors (Lipinski definition) is 5. The predicted molar refractivity (Wildman–Crippen MR) is 123 cm³/mol. The summed E-state index contributed by atoms with van der Waals surface area (Å²) < 4.78 is 32.7. The van der Waals surface area contributed by atoms with E-state index in [1.54, 1.807) is 12.3 Å². The van der Waals surface area contributed by atoms with Crippen LogP contribution in [0.1, 0.15) is 30.2 Å². The van der Waals surface area contributed by atoms with Crippen molar-refractivity contribution in [3.05, 3.63) is 83.3 Å². The maximum atomic E-state index is 12.8. The van der Waals surface area contributed by atoms with Gasteiger partial charge < -0.3 is 9.73 Å². The van der Waals surface area contributed by atoms with E-state index >= 15 is 0 Å². The van der Waals surface area contributed by atoms with Gasteiger partial charge in [0.15, 0.2) is 0 Å². The summed E-state index contributed by atoms with van der Waals surface area (Å²) in [5.41, 5.74) is 1.21. The van der Waals surface area contributed by atoms with Crippen LogP contribution in [0, 0.1) is 0 Å². The van der Waals surface area contributed by atoms with Crippen molar-refractivity contribution in [3.8, 4) is 0 Å². The molecule has 0 radical (unpaired) electrons. The van der Waals surface area contributed by atoms with Gasteiger partial charge in [-0.05, 0) is 48.7 Å². The second-order valence-electron chi connectivity index (χ2n) is 7.54. The minimum absolute atomic E-state index is 0.0281. The van der Waals surface area contributed by atoms with Crippen molar-refractivity contribution in [2.24, 2.45) is 0 Å². The Bertz CT molecular complexity index is 1160. The summed E-state index contributed by atoms with van der Waals surface area (Å²) in [6.45, 7) is 0.980. The summed E-state index contributed by atoms with van der Waals surface area (Å²) >= 11 is 6.23. The molecule has 4 rings (SSSR count). The number of rotatable bonds is 8. The number of hydrogen-bond donors (Lipinski definition) is 2. The summed E-state index contributed by atoms with van der Waals surface area (Å²) in [5, 5.41) is 6.18. The van der Waals surface area contributed by atoms with Crippen LogP contribution in [0.4, 0.5) is 5.69 Å². The highest BCUT2D eigenvalue weighted by molar-refractivity contribution is 7.89. The van der Waals surface area contributed by atoms with Gasteiger partial charge in [-0.25, -0.2) is 8.42 Å². The van der Waals surface area contributed by atoms with Crippen molar-refractivity contribution in [3.63, 3.8) is 0 Å². The highest BCUT2D eigenvalue weighted by Crippen LogP contribution is 2.28. The lowest BCUT2D eigenvalue weighted by molar-refractivity contribution is -0.115. The van der Waals surface area contributed by atoms with Gasteiger partial charge in [-0.2, -0.15) is 4.31 Å². The highest BCUT2D eigenvalue weighted by atomic mass is 35.5. The average Bonchev–Trinajstić information content (AvgIpc) is 3.51. The third-order valence-corrected chi connectivity index (χ3v) is 7.57. The van der Waals surface area contributed by atoms with E-state index in [1.807, 2.05) is 36.4 Å². The lowest BCUT2D eigenvalue weighted by atomic mass is 10.0. The first-order valence-corrected chi connectivity index (χ1v) is 12.2. The highest BCUT2D eigenvalue weighted by Gasteiger charge is 2.28. The van der Waals surface area contributed by atoms with Crippen LogP contribution in [0.25, 0.3) is 0 Å². The molecule has 1 aliphatic heterocycles. The minimum Gasteiger partial charge on any atom is -0.467 e. The number of sulfonamides is 1. The van der Waals surface area contributed by atoms with Crippen molar-refractivity contribution < 1.29 is 17.6 Å². The Morgan fingerprint density at radius 2 is 1.81 bits per heavy atom. The zero-order valence-corrected chi connectivity index (χ0v) is 18.9. The number of nitrogens with one attached hydrogen (secondary N) is 2. The number of nitrogens with zero attached hydrogens (tertiary/aromatic N) is 1. The van der Waals surface area contributed by atoms with Gasteiger partial charge in [-0.3, -0.25) is 10.1 Å². The molecule has 32 heavy (non-hydrogen) atoms. The Hall–Kier alpha value is -2.65. The second-order valence-corrected chi connectivity index (χ2v) is 9.89. The van der Waals surface area contributed by atoms with Gasteiger partial charge in [-0.1, -0.05) is 41.9 Å². The lowest BCUT2D eigenvalue weighted by Crippen LogP contribution is -2.32. The van der Waals surface area contributed by atoms with Crippen molar-refractivity contribution in [2.45, 2.75) is 23.8 Å². The van der Waals surface area contributed by atoms with E-state index in [0.717, 1.165) is 18.4 Å². The van der Waals surface area contributed by atoms with Gasteiger partial charge in [0.25, 0.3) is 0 Å². The van der Waals surface area contributed by atoms with Crippen molar-refractivity contribution >= 4 is 33.2 Å². The van der Waals surface area contributed by atoms with Crippen LogP contribution in [0.2, 0.25) is 5.02 Å². The topological polar surface area (TPSA) is 91.6 Å². The zero-order chi connectivity index (χ0) is 22.6. The number of carbonyl (C=O) groups excluding carboxylic acids is 1. The summed E-state index contributed by atoms with van der Waals surface area (Å²) in [6.07, 6.45) is 3.28. The Morgan fingerprint density at radius 1 is 1.06 bits per heavy atom. The third kappa shape index (κ3) is 5.05. The first-order chi connectivity index (χ1) is 15.4. The first-order valence-electron chi connectivity index (χ1n) is 10.4. The molecule has 2 heterocycles. The molecule has 1 amide bonds. The number of amides is 1. The summed E-state index contributed by atoms with van der Waals surface area (Å²) in [6, 6.07) is 17.3. The second kappa shape index (κ2) is 9.87. The molecule has 0 spiro atoms. The van der Waals surface area contributed by atoms with E-state index in [-0.39, 0.29) is 34.1 Å². The molecular weight excluding hydrogens is 450 g/mol. The van der Waals surface area contributed by atoms with Crippen molar-refractivity contribution in [1.29, 1.82) is 0 Å². The Labute approximate surface area is 192 Å². The molecule has 0 aliphatic carbocycles. The molecule has 2 N–H and O–H groups in total. The van der Waals surface area contributed by atoms with E-state index in [4.69, 9.17) is 16.0 Å². The lowest BCUT2D eigenvalue weighted by Gasteiger charge is -2.18.